The summed E-state index contributed by atoms with van der Waals surface area (Å²) in [7, 11) is 0. The Bertz CT molecular complexity index is 991. The Morgan fingerprint density at radius 2 is 2.10 bits per heavy atom. The summed E-state index contributed by atoms with van der Waals surface area (Å²) < 4.78 is 7.34. The van der Waals surface area contributed by atoms with E-state index >= 15 is 0 Å². The maximum Gasteiger partial charge on any atom is 0.258 e. The molecule has 0 aliphatic rings. The van der Waals surface area contributed by atoms with Crippen LogP contribution in [0, 0.1) is 6.92 Å². The maximum atomic E-state index is 12.1. The van der Waals surface area contributed by atoms with Crippen molar-refractivity contribution in [1.82, 2.24) is 25.1 Å². The fraction of sp³-hybridized carbons (Fsp3) is 0.429. The van der Waals surface area contributed by atoms with Gasteiger partial charge in [-0.15, -0.1) is 0 Å². The first-order valence-electron chi connectivity index (χ1n) is 10.2. The molecule has 0 atom stereocenters. The molecule has 2 heterocycles. The van der Waals surface area contributed by atoms with Gasteiger partial charge in [-0.05, 0) is 36.8 Å². The second kappa shape index (κ2) is 10.8. The van der Waals surface area contributed by atoms with Crippen LogP contribution >= 0.6 is 11.8 Å². The van der Waals surface area contributed by atoms with Gasteiger partial charge in [0.25, 0.3) is 5.91 Å². The summed E-state index contributed by atoms with van der Waals surface area (Å²) in [6.07, 6.45) is 2.78. The molecule has 3 rings (SSSR count). The summed E-state index contributed by atoms with van der Waals surface area (Å²) in [5.41, 5.74) is 1.86. The van der Waals surface area contributed by atoms with Crippen LogP contribution in [-0.4, -0.2) is 51.1 Å². The number of amides is 1. The standard InChI is InChI=1S/C21H28N6O2S/c1-4-9-23-19-17-13-24-27(20(17)26-21(25-19)30-5-2)11-10-22-18(28)14-29-16-8-6-7-15(3)12-16/h6-8,12-13H,4-5,9-11,14H2,1-3H3,(H,22,28)(H,23,25,26). The molecule has 160 valence electrons. The van der Waals surface area contributed by atoms with Crippen LogP contribution < -0.4 is 15.4 Å². The average molecular weight is 429 g/mol. The van der Waals surface area contributed by atoms with E-state index in [0.717, 1.165) is 46.3 Å². The molecule has 2 N–H and O–H groups in total. The molecule has 0 aliphatic heterocycles. The van der Waals surface area contributed by atoms with E-state index in [-0.39, 0.29) is 12.5 Å². The highest BCUT2D eigenvalue weighted by Gasteiger charge is 2.13. The number of benzene rings is 1. The van der Waals surface area contributed by atoms with Crippen molar-refractivity contribution < 1.29 is 9.53 Å². The maximum absolute atomic E-state index is 12.1. The molecule has 3 aromatic rings. The number of aromatic nitrogens is 4. The van der Waals surface area contributed by atoms with E-state index in [4.69, 9.17) is 4.74 Å². The van der Waals surface area contributed by atoms with Gasteiger partial charge < -0.3 is 15.4 Å². The number of carbonyl (C=O) groups is 1. The van der Waals surface area contributed by atoms with Crippen LogP contribution in [0.1, 0.15) is 25.8 Å². The molecule has 0 spiro atoms. The lowest BCUT2D eigenvalue weighted by Gasteiger charge is -2.10. The fourth-order valence-corrected chi connectivity index (χ4v) is 3.44. The smallest absolute Gasteiger partial charge is 0.258 e. The molecular weight excluding hydrogens is 400 g/mol. The molecule has 0 unspecified atom stereocenters. The first-order valence-corrected chi connectivity index (χ1v) is 11.2. The first kappa shape index (κ1) is 21.9. The van der Waals surface area contributed by atoms with Crippen molar-refractivity contribution in [2.24, 2.45) is 0 Å². The molecule has 1 aromatic carbocycles. The van der Waals surface area contributed by atoms with Crippen molar-refractivity contribution in [3.05, 3.63) is 36.0 Å². The summed E-state index contributed by atoms with van der Waals surface area (Å²) in [6.45, 7) is 7.94. The van der Waals surface area contributed by atoms with Crippen LogP contribution in [0.2, 0.25) is 0 Å². The average Bonchev–Trinajstić information content (AvgIpc) is 3.14. The number of carbonyl (C=O) groups excluding carboxylic acids is 1. The minimum absolute atomic E-state index is 0.0200. The zero-order valence-corrected chi connectivity index (χ0v) is 18.5. The molecule has 9 heteroatoms. The van der Waals surface area contributed by atoms with Crippen molar-refractivity contribution in [1.29, 1.82) is 0 Å². The summed E-state index contributed by atoms with van der Waals surface area (Å²) in [5, 5.41) is 12.3. The van der Waals surface area contributed by atoms with Gasteiger partial charge >= 0.3 is 0 Å². The van der Waals surface area contributed by atoms with E-state index in [9.17, 15) is 4.79 Å². The third-order valence-corrected chi connectivity index (χ3v) is 5.03. The summed E-state index contributed by atoms with van der Waals surface area (Å²) in [6, 6.07) is 7.63. The zero-order chi connectivity index (χ0) is 21.3. The van der Waals surface area contributed by atoms with Crippen molar-refractivity contribution >= 4 is 34.5 Å². The summed E-state index contributed by atoms with van der Waals surface area (Å²) >= 11 is 1.59. The predicted molar refractivity (Wildman–Crippen MR) is 120 cm³/mol. The van der Waals surface area contributed by atoms with Crippen LogP contribution in [0.25, 0.3) is 11.0 Å². The zero-order valence-electron chi connectivity index (χ0n) is 17.6. The van der Waals surface area contributed by atoms with Crippen LogP contribution in [0.5, 0.6) is 5.75 Å². The summed E-state index contributed by atoms with van der Waals surface area (Å²) in [5.74, 6) is 2.21. The number of hydrogen-bond donors (Lipinski definition) is 2. The Kier molecular flexibility index (Phi) is 7.89. The molecule has 2 aromatic heterocycles. The van der Waals surface area contributed by atoms with E-state index in [1.807, 2.05) is 31.2 Å². The van der Waals surface area contributed by atoms with Crippen LogP contribution in [0.4, 0.5) is 5.82 Å². The highest BCUT2D eigenvalue weighted by molar-refractivity contribution is 7.99. The number of nitrogens with zero attached hydrogens (tertiary/aromatic N) is 4. The second-order valence-electron chi connectivity index (χ2n) is 6.77. The number of aryl methyl sites for hydroxylation is 1. The van der Waals surface area contributed by atoms with E-state index in [1.165, 1.54) is 0 Å². The normalized spacial score (nSPS) is 10.9. The van der Waals surface area contributed by atoms with E-state index in [1.54, 1.807) is 22.6 Å². The highest BCUT2D eigenvalue weighted by Crippen LogP contribution is 2.24. The monoisotopic (exact) mass is 428 g/mol. The molecule has 0 bridgehead atoms. The van der Waals surface area contributed by atoms with Crippen molar-refractivity contribution in [2.45, 2.75) is 38.9 Å². The van der Waals surface area contributed by atoms with E-state index in [0.29, 0.717) is 18.8 Å². The van der Waals surface area contributed by atoms with Crippen molar-refractivity contribution in [2.75, 3.05) is 30.8 Å². The predicted octanol–water partition coefficient (Wildman–Crippen LogP) is 3.26. The number of thioether (sulfide) groups is 1. The second-order valence-corrected chi connectivity index (χ2v) is 8.01. The Morgan fingerprint density at radius 1 is 1.23 bits per heavy atom. The van der Waals surface area contributed by atoms with Crippen LogP contribution in [0.15, 0.2) is 35.6 Å². The van der Waals surface area contributed by atoms with Crippen molar-refractivity contribution in [3.8, 4) is 5.75 Å². The van der Waals surface area contributed by atoms with Gasteiger partial charge in [0.1, 0.15) is 11.6 Å². The first-order chi connectivity index (χ1) is 14.6. The van der Waals surface area contributed by atoms with Gasteiger partial charge in [-0.25, -0.2) is 14.6 Å². The van der Waals surface area contributed by atoms with E-state index < -0.39 is 0 Å². The van der Waals surface area contributed by atoms with Gasteiger partial charge in [0.2, 0.25) is 0 Å². The summed E-state index contributed by atoms with van der Waals surface area (Å²) in [4.78, 5) is 21.4. The number of rotatable bonds is 11. The minimum atomic E-state index is -0.171. The number of anilines is 1. The van der Waals surface area contributed by atoms with Gasteiger partial charge in [0.15, 0.2) is 17.4 Å². The molecule has 1 amide bonds. The Labute approximate surface area is 180 Å². The lowest BCUT2D eigenvalue weighted by Crippen LogP contribution is -2.31. The number of hydrogen-bond acceptors (Lipinski definition) is 7. The van der Waals surface area contributed by atoms with Crippen molar-refractivity contribution in [3.63, 3.8) is 0 Å². The molecule has 0 saturated heterocycles. The van der Waals surface area contributed by atoms with Gasteiger partial charge in [-0.3, -0.25) is 4.79 Å². The number of ether oxygens (including phenoxy) is 1. The number of nitrogens with one attached hydrogen (secondary N) is 2. The van der Waals surface area contributed by atoms with Gasteiger partial charge in [0, 0.05) is 13.1 Å². The van der Waals surface area contributed by atoms with Gasteiger partial charge in [-0.1, -0.05) is 37.7 Å². The van der Waals surface area contributed by atoms with Crippen LogP contribution in [0.3, 0.4) is 0 Å². The molecule has 0 radical (unpaired) electrons. The van der Waals surface area contributed by atoms with E-state index in [2.05, 4.69) is 39.5 Å². The molecule has 0 aliphatic carbocycles. The Balaban J connectivity index is 1.59. The molecule has 30 heavy (non-hydrogen) atoms. The largest absolute Gasteiger partial charge is 0.484 e. The Morgan fingerprint density at radius 3 is 2.87 bits per heavy atom. The lowest BCUT2D eigenvalue weighted by atomic mass is 10.2. The topological polar surface area (TPSA) is 94.0 Å². The SMILES string of the molecule is CCCNc1nc(SCC)nc2c1cnn2CCNC(=O)COc1cccc(C)c1. The van der Waals surface area contributed by atoms with Gasteiger partial charge in [-0.2, -0.15) is 5.10 Å². The fourth-order valence-electron chi connectivity index (χ4n) is 2.88. The Hall–Kier alpha value is -2.81. The lowest BCUT2D eigenvalue weighted by molar-refractivity contribution is -0.123. The van der Waals surface area contributed by atoms with Gasteiger partial charge in [0.05, 0.1) is 18.1 Å². The third-order valence-electron chi connectivity index (χ3n) is 4.30. The molecular formula is C21H28N6O2S. The molecule has 0 fully saturated rings. The molecule has 8 nitrogen and oxygen atoms in total. The van der Waals surface area contributed by atoms with Crippen LogP contribution in [-0.2, 0) is 11.3 Å². The quantitative estimate of drug-likeness (QED) is 0.358. The third kappa shape index (κ3) is 5.85. The molecule has 0 saturated carbocycles. The highest BCUT2D eigenvalue weighted by atomic mass is 32.2. The minimum Gasteiger partial charge on any atom is -0.484 e. The number of fused-ring (bicyclic) bond motifs is 1.